The topological polar surface area (TPSA) is 58.2 Å². The van der Waals surface area contributed by atoms with E-state index in [1.807, 2.05) is 6.08 Å². The van der Waals surface area contributed by atoms with Crippen LogP contribution in [0.2, 0.25) is 0 Å². The van der Waals surface area contributed by atoms with Gasteiger partial charge in [-0.3, -0.25) is 0 Å². The molecule has 21 heavy (non-hydrogen) atoms. The first kappa shape index (κ1) is 18.0. The monoisotopic (exact) mass is 342 g/mol. The molecule has 0 aliphatic carbocycles. The van der Waals surface area contributed by atoms with Crippen LogP contribution in [0.25, 0.3) is 0 Å². The molecule has 0 bridgehead atoms. The molecule has 1 heterocycles. The van der Waals surface area contributed by atoms with Gasteiger partial charge in [-0.25, -0.2) is 26.3 Å². The molecule has 0 spiro atoms. The second-order valence-electron chi connectivity index (χ2n) is 4.34. The van der Waals surface area contributed by atoms with Crippen LogP contribution in [-0.2, 0) is 10.0 Å². The molecule has 0 unspecified atom stereocenters. The fraction of sp³-hybridized carbons (Fsp3) is 0.333. The van der Waals surface area contributed by atoms with Gasteiger partial charge in [-0.05, 0) is 25.1 Å². The third-order valence-corrected chi connectivity index (χ3v) is 4.30. The van der Waals surface area contributed by atoms with Gasteiger partial charge in [0.25, 0.3) is 0 Å². The van der Waals surface area contributed by atoms with E-state index < -0.39 is 32.4 Å². The van der Waals surface area contributed by atoms with Crippen molar-refractivity contribution >= 4 is 22.4 Å². The molecule has 1 aromatic rings. The maximum absolute atomic E-state index is 13.0. The Morgan fingerprint density at radius 2 is 1.81 bits per heavy atom. The van der Waals surface area contributed by atoms with Crippen LogP contribution in [0.15, 0.2) is 28.7 Å². The Morgan fingerprint density at radius 3 is 2.33 bits per heavy atom. The summed E-state index contributed by atoms with van der Waals surface area (Å²) in [4.78, 5) is -0.636. The van der Waals surface area contributed by atoms with E-state index in [-0.39, 0.29) is 19.0 Å². The van der Waals surface area contributed by atoms with Crippen LogP contribution in [0.1, 0.15) is 6.42 Å². The van der Waals surface area contributed by atoms with E-state index in [0.29, 0.717) is 25.1 Å². The molecule has 9 heteroatoms. The molecule has 1 aromatic carbocycles. The Labute approximate surface area is 126 Å². The number of rotatable bonds is 4. The Morgan fingerprint density at radius 1 is 1.19 bits per heavy atom. The summed E-state index contributed by atoms with van der Waals surface area (Å²) in [6, 6.07) is 0.912. The predicted molar refractivity (Wildman–Crippen MR) is 74.3 cm³/mol. The summed E-state index contributed by atoms with van der Waals surface area (Å²) in [6.07, 6.45) is 2.53. The van der Waals surface area contributed by atoms with E-state index in [4.69, 9.17) is 0 Å². The highest BCUT2D eigenvalue weighted by Gasteiger charge is 2.20. The van der Waals surface area contributed by atoms with Crippen molar-refractivity contribution in [2.75, 3.05) is 19.6 Å². The molecule has 118 valence electrons. The molecule has 0 amide bonds. The molecule has 0 radical (unpaired) electrons. The van der Waals surface area contributed by atoms with Crippen LogP contribution in [0, 0.1) is 17.5 Å². The summed E-state index contributed by atoms with van der Waals surface area (Å²) < 4.78 is 64.9. The summed E-state index contributed by atoms with van der Waals surface area (Å²) >= 11 is 0. The first-order valence-electron chi connectivity index (χ1n) is 5.93. The fourth-order valence-corrected chi connectivity index (χ4v) is 2.85. The Kier molecular flexibility index (Phi) is 6.21. The van der Waals surface area contributed by atoms with Crippen molar-refractivity contribution in [3.8, 4) is 0 Å². The second-order valence-corrected chi connectivity index (χ2v) is 6.11. The number of nitrogens with one attached hydrogen (secondary N) is 2. The average Bonchev–Trinajstić information content (AvgIpc) is 2.43. The van der Waals surface area contributed by atoms with E-state index in [2.05, 4.69) is 10.0 Å². The smallest absolute Gasteiger partial charge is 0.241 e. The SMILES string of the molecule is Cl.O=S(=O)(NCC1=CCNCC1)c1cc(F)c(F)c(F)c1. The third kappa shape index (κ3) is 4.44. The Bertz CT molecular complexity index is 627. The van der Waals surface area contributed by atoms with Gasteiger partial charge in [0.15, 0.2) is 17.5 Å². The van der Waals surface area contributed by atoms with Crippen molar-refractivity contribution in [3.63, 3.8) is 0 Å². The van der Waals surface area contributed by atoms with Crippen LogP contribution in [0.5, 0.6) is 0 Å². The van der Waals surface area contributed by atoms with Crippen molar-refractivity contribution in [1.29, 1.82) is 0 Å². The maximum Gasteiger partial charge on any atom is 0.241 e. The molecule has 1 aliphatic rings. The Hall–Kier alpha value is -1.09. The zero-order valence-corrected chi connectivity index (χ0v) is 12.5. The number of hydrogen-bond donors (Lipinski definition) is 2. The lowest BCUT2D eigenvalue weighted by molar-refractivity contribution is 0.442. The minimum atomic E-state index is -4.08. The van der Waals surface area contributed by atoms with Gasteiger partial charge in [-0.15, -0.1) is 12.4 Å². The second kappa shape index (κ2) is 7.26. The van der Waals surface area contributed by atoms with Gasteiger partial charge in [0.1, 0.15) is 0 Å². The maximum atomic E-state index is 13.0. The summed E-state index contributed by atoms with van der Waals surface area (Å²) in [7, 11) is -4.08. The molecule has 0 fully saturated rings. The molecule has 0 atom stereocenters. The lowest BCUT2D eigenvalue weighted by atomic mass is 10.1. The van der Waals surface area contributed by atoms with Crippen LogP contribution < -0.4 is 10.0 Å². The summed E-state index contributed by atoms with van der Waals surface area (Å²) in [5.74, 6) is -4.76. The minimum Gasteiger partial charge on any atom is -0.313 e. The van der Waals surface area contributed by atoms with Crippen LogP contribution in [0.4, 0.5) is 13.2 Å². The van der Waals surface area contributed by atoms with Crippen LogP contribution >= 0.6 is 12.4 Å². The van der Waals surface area contributed by atoms with Gasteiger partial charge in [0.2, 0.25) is 10.0 Å². The Balaban J connectivity index is 0.00000220. The zero-order valence-electron chi connectivity index (χ0n) is 10.8. The number of halogens is 4. The standard InChI is InChI=1S/C12H13F3N2O2S.ClH/c13-10-5-9(6-11(14)12(10)15)20(18,19)17-7-8-1-3-16-4-2-8;/h1,5-6,16-17H,2-4,7H2;1H. The lowest BCUT2D eigenvalue weighted by Gasteiger charge is -2.14. The molecule has 2 rings (SSSR count). The van der Waals surface area contributed by atoms with Gasteiger partial charge in [-0.1, -0.05) is 11.6 Å². The molecule has 1 aliphatic heterocycles. The van der Waals surface area contributed by atoms with Gasteiger partial charge in [0, 0.05) is 13.1 Å². The summed E-state index contributed by atoms with van der Waals surface area (Å²) in [5, 5.41) is 3.07. The average molecular weight is 343 g/mol. The van der Waals surface area contributed by atoms with E-state index in [1.54, 1.807) is 0 Å². The zero-order chi connectivity index (χ0) is 14.8. The van der Waals surface area contributed by atoms with Gasteiger partial charge < -0.3 is 5.32 Å². The third-order valence-electron chi connectivity index (χ3n) is 2.91. The van der Waals surface area contributed by atoms with E-state index >= 15 is 0 Å². The summed E-state index contributed by atoms with van der Waals surface area (Å²) in [5.41, 5.74) is 0.885. The highest BCUT2D eigenvalue weighted by atomic mass is 35.5. The number of sulfonamides is 1. The van der Waals surface area contributed by atoms with E-state index in [9.17, 15) is 21.6 Å². The first-order chi connectivity index (χ1) is 9.40. The van der Waals surface area contributed by atoms with Crippen molar-refractivity contribution in [3.05, 3.63) is 41.2 Å². The van der Waals surface area contributed by atoms with Gasteiger partial charge >= 0.3 is 0 Å². The molecule has 0 saturated heterocycles. The van der Waals surface area contributed by atoms with Crippen molar-refractivity contribution in [1.82, 2.24) is 10.0 Å². The molecule has 4 nitrogen and oxygen atoms in total. The highest BCUT2D eigenvalue weighted by Crippen LogP contribution is 2.17. The largest absolute Gasteiger partial charge is 0.313 e. The minimum absolute atomic E-state index is 0. The van der Waals surface area contributed by atoms with Gasteiger partial charge in [-0.2, -0.15) is 0 Å². The van der Waals surface area contributed by atoms with Gasteiger partial charge in [0.05, 0.1) is 4.90 Å². The fourth-order valence-electron chi connectivity index (χ4n) is 1.79. The number of hydrogen-bond acceptors (Lipinski definition) is 3. The van der Waals surface area contributed by atoms with Crippen LogP contribution in [0.3, 0.4) is 0 Å². The summed E-state index contributed by atoms with van der Waals surface area (Å²) in [6.45, 7) is 1.45. The normalized spacial score (nSPS) is 15.3. The van der Waals surface area contributed by atoms with Crippen LogP contribution in [-0.4, -0.2) is 28.1 Å². The quantitative estimate of drug-likeness (QED) is 0.647. The molecular weight excluding hydrogens is 329 g/mol. The highest BCUT2D eigenvalue weighted by molar-refractivity contribution is 7.89. The van der Waals surface area contributed by atoms with Crippen molar-refractivity contribution in [2.45, 2.75) is 11.3 Å². The van der Waals surface area contributed by atoms with E-state index in [1.165, 1.54) is 0 Å². The van der Waals surface area contributed by atoms with E-state index in [0.717, 1.165) is 12.1 Å². The first-order valence-corrected chi connectivity index (χ1v) is 7.41. The lowest BCUT2D eigenvalue weighted by Crippen LogP contribution is -2.30. The van der Waals surface area contributed by atoms with Crippen molar-refractivity contribution < 1.29 is 21.6 Å². The molecule has 2 N–H and O–H groups in total. The van der Waals surface area contributed by atoms with Crippen molar-refractivity contribution in [2.24, 2.45) is 0 Å². The number of benzene rings is 1. The predicted octanol–water partition coefficient (Wildman–Crippen LogP) is 1.72. The molecule has 0 saturated carbocycles. The molecule has 0 aromatic heterocycles. The molecular formula is C12H14ClF3N2O2S.